The third-order valence-electron chi connectivity index (χ3n) is 5.91. The van der Waals surface area contributed by atoms with E-state index in [1.54, 1.807) is 36.5 Å². The Hall–Kier alpha value is -2.25. The molecule has 2 fully saturated rings. The first kappa shape index (κ1) is 20.0. The maximum absolute atomic E-state index is 13.4. The van der Waals surface area contributed by atoms with Gasteiger partial charge in [0.25, 0.3) is 0 Å². The van der Waals surface area contributed by atoms with E-state index in [1.807, 2.05) is 30.0 Å². The van der Waals surface area contributed by atoms with Gasteiger partial charge in [-0.2, -0.15) is 4.31 Å². The van der Waals surface area contributed by atoms with E-state index in [-0.39, 0.29) is 23.9 Å². The van der Waals surface area contributed by atoms with Gasteiger partial charge in [0.05, 0.1) is 16.6 Å². The Balaban J connectivity index is 1.44. The van der Waals surface area contributed by atoms with Crippen molar-refractivity contribution in [3.05, 3.63) is 60.4 Å². The summed E-state index contributed by atoms with van der Waals surface area (Å²) >= 11 is 0. The first-order chi connectivity index (χ1) is 14.0. The minimum Gasteiger partial charge on any atom is -0.331 e. The summed E-state index contributed by atoms with van der Waals surface area (Å²) in [5.74, 6) is 0.00592. The fourth-order valence-corrected chi connectivity index (χ4v) is 5.59. The molecule has 0 bridgehead atoms. The highest BCUT2D eigenvalue weighted by atomic mass is 32.2. The summed E-state index contributed by atoms with van der Waals surface area (Å²) in [5, 5.41) is 0. The molecule has 29 heavy (non-hydrogen) atoms. The molecule has 0 radical (unpaired) electrons. The van der Waals surface area contributed by atoms with E-state index in [0.717, 1.165) is 18.5 Å². The Morgan fingerprint density at radius 2 is 1.69 bits per heavy atom. The summed E-state index contributed by atoms with van der Waals surface area (Å²) in [4.78, 5) is 20.1. The molecule has 154 valence electrons. The summed E-state index contributed by atoms with van der Waals surface area (Å²) in [6.45, 7) is 2.79. The molecule has 2 heterocycles. The standard InChI is InChI=1S/C22H27N3O3S/c1-17(21-9-5-6-14-23-21)25(19-10-11-19)22(26)18-12-15-24(16-13-18)29(27,28)20-7-3-2-4-8-20/h2-9,14,17-19H,10-13,15-16H2,1H3. The van der Waals surface area contributed by atoms with E-state index >= 15 is 0 Å². The van der Waals surface area contributed by atoms with Gasteiger partial charge in [0, 0.05) is 31.2 Å². The number of amides is 1. The first-order valence-corrected chi connectivity index (χ1v) is 11.7. The van der Waals surface area contributed by atoms with Crippen molar-refractivity contribution in [2.45, 2.75) is 49.6 Å². The molecule has 1 amide bonds. The minimum atomic E-state index is -3.50. The average molecular weight is 414 g/mol. The third kappa shape index (κ3) is 4.21. The lowest BCUT2D eigenvalue weighted by Crippen LogP contribution is -2.45. The van der Waals surface area contributed by atoms with Crippen LogP contribution in [0.15, 0.2) is 59.6 Å². The van der Waals surface area contributed by atoms with E-state index in [4.69, 9.17) is 0 Å². The van der Waals surface area contributed by atoms with Crippen LogP contribution in [0.3, 0.4) is 0 Å². The molecule has 7 heteroatoms. The Morgan fingerprint density at radius 1 is 1.03 bits per heavy atom. The van der Waals surface area contributed by atoms with Crippen molar-refractivity contribution >= 4 is 15.9 Å². The predicted octanol–water partition coefficient (Wildman–Crippen LogP) is 3.23. The number of sulfonamides is 1. The number of hydrogen-bond acceptors (Lipinski definition) is 4. The summed E-state index contributed by atoms with van der Waals surface area (Å²) < 4.78 is 27.2. The summed E-state index contributed by atoms with van der Waals surface area (Å²) in [5.41, 5.74) is 0.900. The Morgan fingerprint density at radius 3 is 2.28 bits per heavy atom. The quantitative estimate of drug-likeness (QED) is 0.729. The van der Waals surface area contributed by atoms with Crippen LogP contribution in [0, 0.1) is 5.92 Å². The smallest absolute Gasteiger partial charge is 0.243 e. The number of pyridine rings is 1. The van der Waals surface area contributed by atoms with Crippen LogP contribution in [0.1, 0.15) is 44.3 Å². The SMILES string of the molecule is CC(c1ccccn1)N(C(=O)C1CCN(S(=O)(=O)c2ccccc2)CC1)C1CC1. The molecule has 1 saturated carbocycles. The summed E-state index contributed by atoms with van der Waals surface area (Å²) in [6, 6.07) is 14.5. The van der Waals surface area contributed by atoms with Gasteiger partial charge in [-0.25, -0.2) is 8.42 Å². The van der Waals surface area contributed by atoms with Crippen molar-refractivity contribution in [2.75, 3.05) is 13.1 Å². The Labute approximate surface area is 172 Å². The molecule has 1 atom stereocenters. The number of benzene rings is 1. The predicted molar refractivity (Wildman–Crippen MR) is 110 cm³/mol. The average Bonchev–Trinajstić information content (AvgIpc) is 3.60. The van der Waals surface area contributed by atoms with Crippen LogP contribution in [0.25, 0.3) is 0 Å². The molecule has 2 aromatic rings. The number of carbonyl (C=O) groups excluding carboxylic acids is 1. The van der Waals surface area contributed by atoms with Crippen molar-refractivity contribution < 1.29 is 13.2 Å². The van der Waals surface area contributed by atoms with Crippen molar-refractivity contribution in [1.82, 2.24) is 14.2 Å². The molecular formula is C22H27N3O3S. The zero-order chi connectivity index (χ0) is 20.4. The fourth-order valence-electron chi connectivity index (χ4n) is 4.10. The number of rotatable bonds is 6. The van der Waals surface area contributed by atoms with Crippen LogP contribution in [0.4, 0.5) is 0 Å². The lowest BCUT2D eigenvalue weighted by molar-refractivity contribution is -0.139. The summed E-state index contributed by atoms with van der Waals surface area (Å²) in [6.07, 6.45) is 4.94. The second kappa shape index (κ2) is 8.24. The molecule has 1 unspecified atom stereocenters. The fraction of sp³-hybridized carbons (Fsp3) is 0.455. The van der Waals surface area contributed by atoms with Crippen molar-refractivity contribution in [2.24, 2.45) is 5.92 Å². The van der Waals surface area contributed by atoms with Gasteiger partial charge >= 0.3 is 0 Å². The molecule has 1 saturated heterocycles. The van der Waals surface area contributed by atoms with Crippen LogP contribution in [-0.2, 0) is 14.8 Å². The van der Waals surface area contributed by atoms with Gasteiger partial charge in [-0.3, -0.25) is 9.78 Å². The topological polar surface area (TPSA) is 70.6 Å². The van der Waals surface area contributed by atoms with Gasteiger partial charge in [0.15, 0.2) is 0 Å². The third-order valence-corrected chi connectivity index (χ3v) is 7.82. The van der Waals surface area contributed by atoms with E-state index in [0.29, 0.717) is 30.8 Å². The summed E-state index contributed by atoms with van der Waals surface area (Å²) in [7, 11) is -3.50. The lowest BCUT2D eigenvalue weighted by Gasteiger charge is -2.36. The van der Waals surface area contributed by atoms with Gasteiger partial charge < -0.3 is 4.90 Å². The Kier molecular flexibility index (Phi) is 5.69. The van der Waals surface area contributed by atoms with Crippen molar-refractivity contribution in [3.63, 3.8) is 0 Å². The number of aromatic nitrogens is 1. The molecule has 1 aromatic carbocycles. The Bertz CT molecular complexity index is 938. The lowest BCUT2D eigenvalue weighted by atomic mass is 9.95. The van der Waals surface area contributed by atoms with Gasteiger partial charge in [-0.15, -0.1) is 0 Å². The number of piperidine rings is 1. The van der Waals surface area contributed by atoms with E-state index in [9.17, 15) is 13.2 Å². The van der Waals surface area contributed by atoms with Gasteiger partial charge in [0.1, 0.15) is 0 Å². The number of carbonyl (C=O) groups is 1. The number of hydrogen-bond donors (Lipinski definition) is 0. The number of nitrogens with zero attached hydrogens (tertiary/aromatic N) is 3. The maximum atomic E-state index is 13.4. The highest BCUT2D eigenvalue weighted by molar-refractivity contribution is 7.89. The van der Waals surface area contributed by atoms with Crippen LogP contribution >= 0.6 is 0 Å². The normalized spacial score (nSPS) is 19.6. The molecule has 4 rings (SSSR count). The molecular weight excluding hydrogens is 386 g/mol. The zero-order valence-electron chi connectivity index (χ0n) is 16.6. The molecule has 1 aliphatic carbocycles. The van der Waals surface area contributed by atoms with Crippen LogP contribution in [-0.4, -0.2) is 47.6 Å². The van der Waals surface area contributed by atoms with E-state index < -0.39 is 10.0 Å². The van der Waals surface area contributed by atoms with E-state index in [1.165, 1.54) is 4.31 Å². The maximum Gasteiger partial charge on any atom is 0.243 e. The van der Waals surface area contributed by atoms with Crippen LogP contribution < -0.4 is 0 Å². The monoisotopic (exact) mass is 413 g/mol. The molecule has 6 nitrogen and oxygen atoms in total. The molecule has 2 aliphatic rings. The van der Waals surface area contributed by atoms with Crippen molar-refractivity contribution in [1.29, 1.82) is 0 Å². The van der Waals surface area contributed by atoms with Crippen LogP contribution in [0.5, 0.6) is 0 Å². The largest absolute Gasteiger partial charge is 0.331 e. The van der Waals surface area contributed by atoms with Gasteiger partial charge in [-0.1, -0.05) is 24.3 Å². The molecule has 0 spiro atoms. The second-order valence-electron chi connectivity index (χ2n) is 7.90. The van der Waals surface area contributed by atoms with Crippen LogP contribution in [0.2, 0.25) is 0 Å². The first-order valence-electron chi connectivity index (χ1n) is 10.3. The molecule has 0 N–H and O–H groups in total. The highest BCUT2D eigenvalue weighted by Gasteiger charge is 2.41. The van der Waals surface area contributed by atoms with E-state index in [2.05, 4.69) is 4.98 Å². The second-order valence-corrected chi connectivity index (χ2v) is 9.84. The van der Waals surface area contributed by atoms with Gasteiger partial charge in [0.2, 0.25) is 15.9 Å². The molecule has 1 aliphatic heterocycles. The van der Waals surface area contributed by atoms with Gasteiger partial charge in [-0.05, 0) is 56.9 Å². The minimum absolute atomic E-state index is 0.0673. The highest BCUT2D eigenvalue weighted by Crippen LogP contribution is 2.36. The van der Waals surface area contributed by atoms with Crippen molar-refractivity contribution in [3.8, 4) is 0 Å². The molecule has 1 aromatic heterocycles. The zero-order valence-corrected chi connectivity index (χ0v) is 17.5.